The van der Waals surface area contributed by atoms with Gasteiger partial charge in [-0.3, -0.25) is 0 Å². The van der Waals surface area contributed by atoms with E-state index in [2.05, 4.69) is 4.74 Å². The molecule has 3 nitrogen and oxygen atoms in total. The summed E-state index contributed by atoms with van der Waals surface area (Å²) < 4.78 is 64.8. The molecule has 0 amide bonds. The summed E-state index contributed by atoms with van der Waals surface area (Å²) in [4.78, 5) is 11.2. The van der Waals surface area contributed by atoms with Crippen molar-refractivity contribution in [3.8, 4) is 0 Å². The Hall–Kier alpha value is -1.70. The molecule has 1 rings (SSSR count). The predicted molar refractivity (Wildman–Crippen MR) is 48.9 cm³/mol. The summed E-state index contributed by atoms with van der Waals surface area (Å²) in [6.45, 7) is 0. The fourth-order valence-corrected chi connectivity index (χ4v) is 1.08. The molecule has 0 aliphatic carbocycles. The Morgan fingerprint density at radius 1 is 1.11 bits per heavy atom. The summed E-state index contributed by atoms with van der Waals surface area (Å²) in [5, 5.41) is 8.08. The van der Waals surface area contributed by atoms with E-state index in [4.69, 9.17) is 5.11 Å². The minimum absolute atomic E-state index is 0.337. The number of carbonyl (C=O) groups is 1. The van der Waals surface area contributed by atoms with E-state index < -0.39 is 24.4 Å². The predicted octanol–water partition coefficient (Wildman–Crippen LogP) is 2.36. The van der Waals surface area contributed by atoms with Gasteiger partial charge in [-0.25, -0.2) is 4.79 Å². The Morgan fingerprint density at radius 2 is 1.61 bits per heavy atom. The van der Waals surface area contributed by atoms with Crippen molar-refractivity contribution in [2.24, 2.45) is 0 Å². The molecule has 0 aromatic heterocycles. The van der Waals surface area contributed by atoms with Gasteiger partial charge in [-0.1, -0.05) is 18.2 Å². The fraction of sp³-hybridized carbons (Fsp3) is 0.300. The minimum Gasteiger partial charge on any atom is -0.440 e. The number of ether oxygens (including phenoxy) is 1. The topological polar surface area (TPSA) is 46.5 Å². The van der Waals surface area contributed by atoms with Crippen LogP contribution in [-0.2, 0) is 4.74 Å². The first-order valence-corrected chi connectivity index (χ1v) is 4.55. The Bertz CT molecular complexity index is 396. The molecule has 0 saturated carbocycles. The SMILES string of the molecule is O=C(OC(C(O)(F)F)C(F)(F)F)c1ccccc1. The van der Waals surface area contributed by atoms with Gasteiger partial charge in [0.25, 0.3) is 6.10 Å². The van der Waals surface area contributed by atoms with Gasteiger partial charge < -0.3 is 9.84 Å². The number of hydrogen-bond donors (Lipinski definition) is 1. The standard InChI is InChI=1S/C10H7F5O3/c11-9(12,13)8(10(14,15)17)18-7(16)6-4-2-1-3-5-6/h1-5,8,17H. The van der Waals surface area contributed by atoms with E-state index >= 15 is 0 Å². The second-order valence-corrected chi connectivity index (χ2v) is 3.28. The van der Waals surface area contributed by atoms with Crippen LogP contribution in [0.15, 0.2) is 30.3 Å². The number of rotatable bonds is 3. The zero-order chi connectivity index (χ0) is 14.0. The first kappa shape index (κ1) is 14.4. The van der Waals surface area contributed by atoms with E-state index in [0.29, 0.717) is 0 Å². The van der Waals surface area contributed by atoms with E-state index in [9.17, 15) is 26.7 Å². The number of aliphatic hydroxyl groups is 1. The largest absolute Gasteiger partial charge is 0.440 e. The molecule has 0 radical (unpaired) electrons. The van der Waals surface area contributed by atoms with Crippen LogP contribution in [-0.4, -0.2) is 29.5 Å². The number of hydrogen-bond acceptors (Lipinski definition) is 3. The maximum Gasteiger partial charge on any atom is 0.434 e. The second-order valence-electron chi connectivity index (χ2n) is 3.28. The average molecular weight is 270 g/mol. The quantitative estimate of drug-likeness (QED) is 0.677. The van der Waals surface area contributed by atoms with Crippen LogP contribution in [0.4, 0.5) is 22.0 Å². The molecule has 1 aromatic rings. The van der Waals surface area contributed by atoms with E-state index in [-0.39, 0.29) is 5.56 Å². The lowest BCUT2D eigenvalue weighted by atomic mass is 10.2. The van der Waals surface area contributed by atoms with Gasteiger partial charge in [-0.2, -0.15) is 22.0 Å². The smallest absolute Gasteiger partial charge is 0.434 e. The molecule has 0 saturated heterocycles. The molecule has 0 aliphatic rings. The van der Waals surface area contributed by atoms with Crippen molar-refractivity contribution in [1.29, 1.82) is 0 Å². The van der Waals surface area contributed by atoms with Crippen molar-refractivity contribution in [3.05, 3.63) is 35.9 Å². The van der Waals surface area contributed by atoms with Crippen molar-refractivity contribution in [2.45, 2.75) is 18.4 Å². The maximum absolute atomic E-state index is 12.3. The van der Waals surface area contributed by atoms with Gasteiger partial charge in [0.05, 0.1) is 5.56 Å². The van der Waals surface area contributed by atoms with Gasteiger partial charge in [-0.05, 0) is 12.1 Å². The highest BCUT2D eigenvalue weighted by Gasteiger charge is 2.58. The van der Waals surface area contributed by atoms with Crippen LogP contribution in [0.1, 0.15) is 10.4 Å². The summed E-state index contributed by atoms with van der Waals surface area (Å²) in [5.74, 6) is -1.60. The molecule has 0 spiro atoms. The van der Waals surface area contributed by atoms with Crippen LogP contribution in [0.3, 0.4) is 0 Å². The van der Waals surface area contributed by atoms with Gasteiger partial charge in [0.15, 0.2) is 0 Å². The monoisotopic (exact) mass is 270 g/mol. The lowest BCUT2D eigenvalue weighted by Gasteiger charge is -2.24. The summed E-state index contributed by atoms with van der Waals surface area (Å²) in [7, 11) is 0. The van der Waals surface area contributed by atoms with Crippen LogP contribution in [0.25, 0.3) is 0 Å². The number of esters is 1. The van der Waals surface area contributed by atoms with Crippen LogP contribution in [0, 0.1) is 0 Å². The van der Waals surface area contributed by atoms with E-state index in [1.165, 1.54) is 18.2 Å². The van der Waals surface area contributed by atoms with Crippen molar-refractivity contribution in [2.75, 3.05) is 0 Å². The van der Waals surface area contributed by atoms with Gasteiger partial charge in [0.1, 0.15) is 0 Å². The highest BCUT2D eigenvalue weighted by atomic mass is 19.4. The number of halogens is 5. The highest BCUT2D eigenvalue weighted by Crippen LogP contribution is 2.33. The number of alkyl halides is 5. The molecular weight excluding hydrogens is 263 g/mol. The molecule has 1 aromatic carbocycles. The first-order valence-electron chi connectivity index (χ1n) is 4.55. The third-order valence-electron chi connectivity index (χ3n) is 1.85. The van der Waals surface area contributed by atoms with Crippen molar-refractivity contribution in [1.82, 2.24) is 0 Å². The molecule has 1 unspecified atom stereocenters. The number of carbonyl (C=O) groups excluding carboxylic acids is 1. The van der Waals surface area contributed by atoms with Crippen molar-refractivity contribution < 1.29 is 36.6 Å². The van der Waals surface area contributed by atoms with Crippen molar-refractivity contribution in [3.63, 3.8) is 0 Å². The summed E-state index contributed by atoms with van der Waals surface area (Å²) in [6, 6.07) is 6.28. The zero-order valence-corrected chi connectivity index (χ0v) is 8.62. The van der Waals surface area contributed by atoms with Gasteiger partial charge in [0.2, 0.25) is 0 Å². The molecule has 0 fully saturated rings. The van der Waals surface area contributed by atoms with E-state index in [1.54, 1.807) is 0 Å². The fourth-order valence-electron chi connectivity index (χ4n) is 1.08. The maximum atomic E-state index is 12.3. The van der Waals surface area contributed by atoms with Gasteiger partial charge in [0, 0.05) is 0 Å². The summed E-state index contributed by atoms with van der Waals surface area (Å²) in [6.07, 6.45) is -14.7. The lowest BCUT2D eigenvalue weighted by molar-refractivity contribution is -0.335. The zero-order valence-electron chi connectivity index (χ0n) is 8.62. The van der Waals surface area contributed by atoms with E-state index in [0.717, 1.165) is 12.1 Å². The molecule has 1 atom stereocenters. The molecule has 0 bridgehead atoms. The third kappa shape index (κ3) is 3.66. The Balaban J connectivity index is 2.90. The summed E-state index contributed by atoms with van der Waals surface area (Å²) in [5.41, 5.74) is -0.337. The lowest BCUT2D eigenvalue weighted by Crippen LogP contribution is -2.47. The molecule has 0 aliphatic heterocycles. The van der Waals surface area contributed by atoms with Crippen LogP contribution in [0.2, 0.25) is 0 Å². The second kappa shape index (κ2) is 4.89. The minimum atomic E-state index is -5.58. The molecule has 8 heteroatoms. The molecule has 0 heterocycles. The first-order chi connectivity index (χ1) is 8.12. The molecular formula is C10H7F5O3. The number of benzene rings is 1. The molecule has 1 N–H and O–H groups in total. The molecule has 100 valence electrons. The van der Waals surface area contributed by atoms with Gasteiger partial charge >= 0.3 is 18.3 Å². The Labute approximate surface area is 97.8 Å². The molecule has 18 heavy (non-hydrogen) atoms. The normalized spacial score (nSPS) is 14.1. The van der Waals surface area contributed by atoms with Crippen LogP contribution >= 0.6 is 0 Å². The van der Waals surface area contributed by atoms with Crippen LogP contribution in [0.5, 0.6) is 0 Å². The highest BCUT2D eigenvalue weighted by molar-refractivity contribution is 5.89. The summed E-state index contributed by atoms with van der Waals surface area (Å²) >= 11 is 0. The average Bonchev–Trinajstić information content (AvgIpc) is 2.23. The van der Waals surface area contributed by atoms with Gasteiger partial charge in [-0.15, -0.1) is 0 Å². The third-order valence-corrected chi connectivity index (χ3v) is 1.85. The Morgan fingerprint density at radius 3 is 2.00 bits per heavy atom. The Kier molecular flexibility index (Phi) is 3.90. The van der Waals surface area contributed by atoms with Crippen molar-refractivity contribution >= 4 is 5.97 Å². The van der Waals surface area contributed by atoms with E-state index in [1.807, 2.05) is 0 Å². The van der Waals surface area contributed by atoms with Crippen LogP contribution < -0.4 is 0 Å².